The van der Waals surface area contributed by atoms with Crippen molar-refractivity contribution in [3.8, 4) is 5.75 Å². The third kappa shape index (κ3) is 11.1. The number of aliphatic carboxylic acids is 1. The van der Waals surface area contributed by atoms with Crippen LogP contribution in [0.3, 0.4) is 0 Å². The van der Waals surface area contributed by atoms with Crippen molar-refractivity contribution in [1.29, 1.82) is 0 Å². The second-order valence-electron chi connectivity index (χ2n) is 8.67. The van der Waals surface area contributed by atoms with Crippen molar-refractivity contribution in [2.75, 3.05) is 26.3 Å². The van der Waals surface area contributed by atoms with Crippen LogP contribution in [0.25, 0.3) is 0 Å². The van der Waals surface area contributed by atoms with Gasteiger partial charge in [0.15, 0.2) is 6.10 Å². The number of carbonyl (C=O) groups excluding carboxylic acids is 1. The summed E-state index contributed by atoms with van der Waals surface area (Å²) in [5.74, 6) is -5.43. The Kier molecular flexibility index (Phi) is 12.4. The molecule has 216 valence electrons. The van der Waals surface area contributed by atoms with E-state index in [0.29, 0.717) is 11.3 Å². The first-order valence-corrected chi connectivity index (χ1v) is 12.4. The number of nitrogens with zero attached hydrogens (tertiary/aromatic N) is 1. The summed E-state index contributed by atoms with van der Waals surface area (Å²) in [7, 11) is 0. The molecule has 12 heteroatoms. The van der Waals surface area contributed by atoms with Gasteiger partial charge in [0, 0.05) is 26.0 Å². The fraction of sp³-hybridized carbons (Fsp3) is 0.481. The Hall–Kier alpha value is -3.41. The second kappa shape index (κ2) is 15.2. The Bertz CT molecular complexity index is 1020. The average Bonchev–Trinajstić information content (AvgIpc) is 2.89. The summed E-state index contributed by atoms with van der Waals surface area (Å²) >= 11 is 0. The largest absolute Gasteiger partial charge is 0.492 e. The number of carbonyl (C=O) groups is 2. The van der Waals surface area contributed by atoms with Crippen LogP contribution in [-0.2, 0) is 27.3 Å². The molecule has 0 radical (unpaired) electrons. The van der Waals surface area contributed by atoms with E-state index in [1.165, 1.54) is 4.90 Å². The van der Waals surface area contributed by atoms with E-state index in [-0.39, 0.29) is 45.8 Å². The number of hydrogen-bond acceptors (Lipinski definition) is 5. The van der Waals surface area contributed by atoms with Crippen LogP contribution in [0.4, 0.5) is 26.7 Å². The first-order valence-electron chi connectivity index (χ1n) is 12.4. The molecular formula is C27H32F5NO6. The number of rotatable bonds is 16. The molecule has 0 saturated carbocycles. The molecule has 1 N–H and O–H groups in total. The third-order valence-electron chi connectivity index (χ3n) is 5.66. The zero-order chi connectivity index (χ0) is 28.9. The van der Waals surface area contributed by atoms with E-state index in [1.807, 2.05) is 0 Å². The van der Waals surface area contributed by atoms with Crippen molar-refractivity contribution < 1.29 is 50.9 Å². The molecule has 2 rings (SSSR count). The molecule has 0 aliphatic carbocycles. The predicted octanol–water partition coefficient (Wildman–Crippen LogP) is 6.10. The molecule has 0 aromatic heterocycles. The summed E-state index contributed by atoms with van der Waals surface area (Å²) < 4.78 is 79.8. The fourth-order valence-corrected chi connectivity index (χ4v) is 3.52. The predicted molar refractivity (Wildman–Crippen MR) is 132 cm³/mol. The van der Waals surface area contributed by atoms with Gasteiger partial charge in [0.1, 0.15) is 19.0 Å². The number of benzene rings is 2. The highest BCUT2D eigenvalue weighted by Gasteiger charge is 2.56. The van der Waals surface area contributed by atoms with Crippen LogP contribution in [0.2, 0.25) is 0 Å². The van der Waals surface area contributed by atoms with Gasteiger partial charge in [0.05, 0.1) is 6.54 Å². The summed E-state index contributed by atoms with van der Waals surface area (Å²) in [6.45, 7) is 1.81. The van der Waals surface area contributed by atoms with Gasteiger partial charge in [0.25, 0.3) is 0 Å². The minimum absolute atomic E-state index is 0.00351. The fourth-order valence-electron chi connectivity index (χ4n) is 3.52. The Balaban J connectivity index is 1.92. The van der Waals surface area contributed by atoms with Gasteiger partial charge in [-0.2, -0.15) is 22.0 Å². The molecule has 1 atom stereocenters. The molecular weight excluding hydrogens is 529 g/mol. The first kappa shape index (κ1) is 31.8. The lowest BCUT2D eigenvalue weighted by atomic mass is 10.1. The minimum Gasteiger partial charge on any atom is -0.492 e. The number of amides is 1. The van der Waals surface area contributed by atoms with Gasteiger partial charge in [-0.1, -0.05) is 42.5 Å². The lowest BCUT2D eigenvalue weighted by Crippen LogP contribution is -2.37. The molecule has 0 heterocycles. The van der Waals surface area contributed by atoms with E-state index in [1.54, 1.807) is 61.5 Å². The Labute approximate surface area is 223 Å². The van der Waals surface area contributed by atoms with Crippen LogP contribution in [0.1, 0.15) is 37.3 Å². The molecule has 1 unspecified atom stereocenters. The van der Waals surface area contributed by atoms with Gasteiger partial charge in [-0.15, -0.1) is 0 Å². The van der Waals surface area contributed by atoms with Gasteiger partial charge in [-0.05, 0) is 43.0 Å². The Morgan fingerprint density at radius 2 is 1.59 bits per heavy atom. The van der Waals surface area contributed by atoms with Crippen molar-refractivity contribution in [2.24, 2.45) is 0 Å². The summed E-state index contributed by atoms with van der Waals surface area (Å²) in [5, 5.41) is 9.21. The Morgan fingerprint density at radius 1 is 0.923 bits per heavy atom. The molecule has 0 aliphatic heterocycles. The number of alkyl halides is 5. The lowest BCUT2D eigenvalue weighted by Gasteiger charge is -2.23. The number of unbranched alkanes of at least 4 members (excludes halogenated alkanes) is 1. The van der Waals surface area contributed by atoms with Gasteiger partial charge in [0.2, 0.25) is 0 Å². The smallest absolute Gasteiger partial charge is 0.453 e. The quantitative estimate of drug-likeness (QED) is 0.197. The summed E-state index contributed by atoms with van der Waals surface area (Å²) in [4.78, 5) is 25.1. The van der Waals surface area contributed by atoms with E-state index in [2.05, 4.69) is 0 Å². The zero-order valence-corrected chi connectivity index (χ0v) is 21.5. The van der Waals surface area contributed by atoms with Gasteiger partial charge in [-0.25, -0.2) is 9.59 Å². The van der Waals surface area contributed by atoms with Crippen molar-refractivity contribution in [2.45, 2.75) is 57.4 Å². The molecule has 0 spiro atoms. The van der Waals surface area contributed by atoms with Gasteiger partial charge >= 0.3 is 24.2 Å². The van der Waals surface area contributed by atoms with Crippen molar-refractivity contribution in [3.05, 3.63) is 65.7 Å². The molecule has 0 saturated heterocycles. The molecule has 0 bridgehead atoms. The van der Waals surface area contributed by atoms with Crippen LogP contribution in [0.15, 0.2) is 54.6 Å². The summed E-state index contributed by atoms with van der Waals surface area (Å²) in [6, 6.07) is 15.4. The highest BCUT2D eigenvalue weighted by Crippen LogP contribution is 2.39. The van der Waals surface area contributed by atoms with Crippen LogP contribution < -0.4 is 4.74 Å². The van der Waals surface area contributed by atoms with Crippen molar-refractivity contribution in [1.82, 2.24) is 4.90 Å². The normalized spacial score (nSPS) is 12.6. The maximum Gasteiger partial charge on any atom is 0.453 e. The Morgan fingerprint density at radius 3 is 2.18 bits per heavy atom. The van der Waals surface area contributed by atoms with E-state index >= 15 is 0 Å². The van der Waals surface area contributed by atoms with E-state index in [0.717, 1.165) is 5.56 Å². The van der Waals surface area contributed by atoms with Crippen LogP contribution in [0.5, 0.6) is 5.75 Å². The number of carboxylic acids is 1. The summed E-state index contributed by atoms with van der Waals surface area (Å²) in [5.41, 5.74) is 1.44. The van der Waals surface area contributed by atoms with Gasteiger partial charge in [-0.3, -0.25) is 0 Å². The maximum absolute atomic E-state index is 13.2. The zero-order valence-electron chi connectivity index (χ0n) is 21.5. The highest BCUT2D eigenvalue weighted by molar-refractivity contribution is 5.72. The molecule has 0 aliphatic rings. The average molecular weight is 562 g/mol. The molecule has 2 aromatic carbocycles. The van der Waals surface area contributed by atoms with Crippen LogP contribution in [0, 0.1) is 0 Å². The number of hydrogen-bond donors (Lipinski definition) is 1. The summed E-state index contributed by atoms with van der Waals surface area (Å²) in [6.07, 6.45) is -9.11. The molecule has 39 heavy (non-hydrogen) atoms. The third-order valence-corrected chi connectivity index (χ3v) is 5.66. The van der Waals surface area contributed by atoms with E-state index < -0.39 is 43.1 Å². The standard InChI is InChI=1S/C27H32F5NO6/c1-2-37-23(24(34)35)18-20-10-12-22(13-11-20)38-17-16-33(15-7-6-14-26(28,29)27(30,31)32)25(36)39-19-21-8-4-3-5-9-21/h3-5,8-13,23H,2,6-7,14-19H2,1H3,(H,34,35). The topological polar surface area (TPSA) is 85.3 Å². The monoisotopic (exact) mass is 561 g/mol. The SMILES string of the molecule is CCOC(Cc1ccc(OCCN(CCCCC(F)(F)C(F)(F)F)C(=O)OCc2ccccc2)cc1)C(=O)O. The van der Waals surface area contributed by atoms with Crippen molar-refractivity contribution in [3.63, 3.8) is 0 Å². The second-order valence-corrected chi connectivity index (χ2v) is 8.67. The van der Waals surface area contributed by atoms with Gasteiger partial charge < -0.3 is 24.2 Å². The van der Waals surface area contributed by atoms with Crippen LogP contribution in [-0.4, -0.2) is 66.6 Å². The molecule has 2 aromatic rings. The maximum atomic E-state index is 13.2. The van der Waals surface area contributed by atoms with Crippen LogP contribution >= 0.6 is 0 Å². The molecule has 1 amide bonds. The van der Waals surface area contributed by atoms with E-state index in [4.69, 9.17) is 14.2 Å². The minimum atomic E-state index is -5.62. The first-order chi connectivity index (χ1) is 18.4. The lowest BCUT2D eigenvalue weighted by molar-refractivity contribution is -0.284. The number of carboxylic acid groups (broad SMARTS) is 1. The number of halogens is 5. The molecule has 7 nitrogen and oxygen atoms in total. The van der Waals surface area contributed by atoms with E-state index in [9.17, 15) is 36.6 Å². The van der Waals surface area contributed by atoms with Crippen molar-refractivity contribution >= 4 is 12.1 Å². The molecule has 0 fully saturated rings. The highest BCUT2D eigenvalue weighted by atomic mass is 19.4. The number of ether oxygens (including phenoxy) is 3.